The van der Waals surface area contributed by atoms with Gasteiger partial charge in [-0.3, -0.25) is 4.79 Å². The first kappa shape index (κ1) is 23.4. The quantitative estimate of drug-likeness (QED) is 0.636. The predicted molar refractivity (Wildman–Crippen MR) is 115 cm³/mol. The van der Waals surface area contributed by atoms with E-state index >= 15 is 0 Å². The fourth-order valence-electron chi connectivity index (χ4n) is 3.18. The largest absolute Gasteiger partial charge is 0.478 e. The zero-order valence-corrected chi connectivity index (χ0v) is 17.8. The summed E-state index contributed by atoms with van der Waals surface area (Å²) in [6.07, 6.45) is 5.17. The number of hydrogen-bond acceptors (Lipinski definition) is 4. The van der Waals surface area contributed by atoms with Crippen molar-refractivity contribution in [3.05, 3.63) is 67.6 Å². The van der Waals surface area contributed by atoms with E-state index in [0.717, 1.165) is 18.4 Å². The van der Waals surface area contributed by atoms with Crippen molar-refractivity contribution in [3.8, 4) is 0 Å². The molecule has 29 heavy (non-hydrogen) atoms. The van der Waals surface area contributed by atoms with Crippen LogP contribution in [0.5, 0.6) is 0 Å². The Labute approximate surface area is 180 Å². The van der Waals surface area contributed by atoms with E-state index in [0.29, 0.717) is 30.2 Å². The first-order valence-electron chi connectivity index (χ1n) is 9.56. The number of aromatic carboxylic acids is 1. The molecule has 1 aliphatic carbocycles. The van der Waals surface area contributed by atoms with Crippen LogP contribution in [0.2, 0.25) is 10.0 Å². The van der Waals surface area contributed by atoms with E-state index in [1.807, 2.05) is 0 Å². The van der Waals surface area contributed by atoms with Crippen molar-refractivity contribution < 1.29 is 15.0 Å². The second-order valence-electron chi connectivity index (χ2n) is 6.96. The minimum absolute atomic E-state index is 0.0463. The summed E-state index contributed by atoms with van der Waals surface area (Å²) in [5.41, 5.74) is 1.54. The van der Waals surface area contributed by atoms with Gasteiger partial charge in [0.1, 0.15) is 5.02 Å². The summed E-state index contributed by atoms with van der Waals surface area (Å²) in [5, 5.41) is 21.1. The van der Waals surface area contributed by atoms with Gasteiger partial charge in [0.05, 0.1) is 22.4 Å². The molecule has 1 saturated carbocycles. The van der Waals surface area contributed by atoms with Crippen molar-refractivity contribution in [2.75, 3.05) is 7.05 Å². The van der Waals surface area contributed by atoms with Crippen molar-refractivity contribution in [2.45, 2.75) is 51.3 Å². The molecule has 2 aromatic rings. The minimum atomic E-state index is -0.967. The number of aliphatic hydroxyl groups is 1. The van der Waals surface area contributed by atoms with Crippen LogP contribution in [0.3, 0.4) is 0 Å². The highest BCUT2D eigenvalue weighted by Gasteiger charge is 2.12. The number of carboxylic acids is 1. The maximum Gasteiger partial charge on any atom is 0.335 e. The summed E-state index contributed by atoms with van der Waals surface area (Å²) in [5.74, 6) is -0.967. The Morgan fingerprint density at radius 2 is 1.79 bits per heavy atom. The van der Waals surface area contributed by atoms with E-state index in [2.05, 4.69) is 5.32 Å². The average molecular weight is 441 g/mol. The number of carboxylic acid groups (broad SMARTS) is 1. The molecular weight excluding hydrogens is 415 g/mol. The molecule has 0 aliphatic heterocycles. The van der Waals surface area contributed by atoms with Crippen LogP contribution >= 0.6 is 23.2 Å². The SMILES string of the molecule is CNCc1c(Cl)cc(Cl)c(=O)n1CCc1ccc(C(=O)O)cc1.OC1CCCC1. The van der Waals surface area contributed by atoms with Crippen LogP contribution in [0.15, 0.2) is 35.1 Å². The van der Waals surface area contributed by atoms with Crippen LogP contribution in [-0.4, -0.2) is 33.9 Å². The number of benzene rings is 1. The first-order valence-corrected chi connectivity index (χ1v) is 10.3. The third-order valence-corrected chi connectivity index (χ3v) is 5.40. The minimum Gasteiger partial charge on any atom is -0.478 e. The Balaban J connectivity index is 0.000000426. The zero-order chi connectivity index (χ0) is 21.4. The van der Waals surface area contributed by atoms with Gasteiger partial charge in [0.2, 0.25) is 0 Å². The molecule has 0 unspecified atom stereocenters. The Kier molecular flexibility index (Phi) is 9.17. The van der Waals surface area contributed by atoms with E-state index in [-0.39, 0.29) is 22.2 Å². The van der Waals surface area contributed by atoms with Crippen LogP contribution < -0.4 is 10.9 Å². The predicted octanol–water partition coefficient (Wildman–Crippen LogP) is 3.74. The van der Waals surface area contributed by atoms with Gasteiger partial charge < -0.3 is 20.1 Å². The second kappa shape index (κ2) is 11.4. The smallest absolute Gasteiger partial charge is 0.335 e. The van der Waals surface area contributed by atoms with Crippen LogP contribution in [0.25, 0.3) is 0 Å². The summed E-state index contributed by atoms with van der Waals surface area (Å²) in [4.78, 5) is 23.1. The van der Waals surface area contributed by atoms with Crippen molar-refractivity contribution in [1.82, 2.24) is 9.88 Å². The highest BCUT2D eigenvalue weighted by molar-refractivity contribution is 6.34. The second-order valence-corrected chi connectivity index (χ2v) is 7.78. The van der Waals surface area contributed by atoms with E-state index in [1.54, 1.807) is 35.9 Å². The molecule has 3 N–H and O–H groups in total. The number of nitrogens with one attached hydrogen (secondary N) is 1. The molecule has 8 heteroatoms. The number of pyridine rings is 1. The van der Waals surface area contributed by atoms with Crippen LogP contribution in [0, 0.1) is 0 Å². The normalized spacial score (nSPS) is 13.8. The zero-order valence-electron chi connectivity index (χ0n) is 16.3. The lowest BCUT2D eigenvalue weighted by Gasteiger charge is -2.15. The van der Waals surface area contributed by atoms with Crippen LogP contribution in [-0.2, 0) is 19.5 Å². The maximum atomic E-state index is 12.2. The van der Waals surface area contributed by atoms with Crippen LogP contribution in [0.1, 0.15) is 47.3 Å². The standard InChI is InChI=1S/C16H16Cl2N2O3.C5H10O/c1-19-9-14-12(17)8-13(18)15(21)20(14)7-6-10-2-4-11(5-3-10)16(22)23;6-5-3-1-2-4-5/h2-5,8,19H,6-7,9H2,1H3,(H,22,23);5-6H,1-4H2. The Hall–Kier alpha value is -1.86. The lowest BCUT2D eigenvalue weighted by molar-refractivity contribution is 0.0697. The molecule has 0 radical (unpaired) electrons. The van der Waals surface area contributed by atoms with Crippen molar-refractivity contribution >= 4 is 29.2 Å². The van der Waals surface area contributed by atoms with Gasteiger partial charge in [-0.25, -0.2) is 4.79 Å². The lowest BCUT2D eigenvalue weighted by Crippen LogP contribution is -2.27. The molecule has 158 valence electrons. The van der Waals surface area contributed by atoms with Crippen molar-refractivity contribution in [1.29, 1.82) is 0 Å². The molecule has 0 atom stereocenters. The summed E-state index contributed by atoms with van der Waals surface area (Å²) >= 11 is 12.1. The van der Waals surface area contributed by atoms with Crippen molar-refractivity contribution in [3.63, 3.8) is 0 Å². The Bertz CT molecular complexity index is 875. The third-order valence-electron chi connectivity index (χ3n) is 4.80. The summed E-state index contributed by atoms with van der Waals surface area (Å²) in [6.45, 7) is 0.853. The van der Waals surface area contributed by atoms with Gasteiger partial charge >= 0.3 is 5.97 Å². The van der Waals surface area contributed by atoms with Gasteiger partial charge in [-0.1, -0.05) is 48.2 Å². The van der Waals surface area contributed by atoms with Gasteiger partial charge in [0, 0.05) is 13.1 Å². The monoisotopic (exact) mass is 440 g/mol. The molecule has 6 nitrogen and oxygen atoms in total. The molecule has 1 aliphatic rings. The molecular formula is C21H26Cl2N2O4. The number of halogens is 2. The number of carbonyl (C=O) groups is 1. The Morgan fingerprint density at radius 3 is 2.28 bits per heavy atom. The maximum absolute atomic E-state index is 12.2. The molecule has 1 fully saturated rings. The van der Waals surface area contributed by atoms with Gasteiger partial charge in [-0.15, -0.1) is 0 Å². The molecule has 0 bridgehead atoms. The summed E-state index contributed by atoms with van der Waals surface area (Å²) in [7, 11) is 1.77. The molecule has 3 rings (SSSR count). The van der Waals surface area contributed by atoms with E-state index in [9.17, 15) is 9.59 Å². The van der Waals surface area contributed by atoms with Crippen LogP contribution in [0.4, 0.5) is 0 Å². The number of aryl methyl sites for hydroxylation is 1. The number of nitrogens with zero attached hydrogens (tertiary/aromatic N) is 1. The molecule has 0 spiro atoms. The lowest BCUT2D eigenvalue weighted by atomic mass is 10.1. The molecule has 1 heterocycles. The van der Waals surface area contributed by atoms with E-state index in [1.165, 1.54) is 18.9 Å². The number of aromatic nitrogens is 1. The fourth-order valence-corrected chi connectivity index (χ4v) is 3.72. The number of aliphatic hydroxyl groups excluding tert-OH is 1. The van der Waals surface area contributed by atoms with Gasteiger partial charge in [-0.2, -0.15) is 0 Å². The van der Waals surface area contributed by atoms with Gasteiger partial charge in [0.25, 0.3) is 5.56 Å². The summed E-state index contributed by atoms with van der Waals surface area (Å²) < 4.78 is 1.55. The highest BCUT2D eigenvalue weighted by Crippen LogP contribution is 2.19. The molecule has 1 aromatic heterocycles. The first-order chi connectivity index (χ1) is 13.8. The van der Waals surface area contributed by atoms with Crippen molar-refractivity contribution in [2.24, 2.45) is 0 Å². The molecule has 0 amide bonds. The third kappa shape index (κ3) is 6.85. The fraction of sp³-hybridized carbons (Fsp3) is 0.429. The molecule has 0 saturated heterocycles. The topological polar surface area (TPSA) is 91.6 Å². The summed E-state index contributed by atoms with van der Waals surface area (Å²) in [6, 6.07) is 8.01. The Morgan fingerprint density at radius 1 is 1.17 bits per heavy atom. The average Bonchev–Trinajstić information content (AvgIpc) is 3.17. The number of rotatable bonds is 6. The van der Waals surface area contributed by atoms with E-state index < -0.39 is 5.97 Å². The van der Waals surface area contributed by atoms with E-state index in [4.69, 9.17) is 33.4 Å². The highest BCUT2D eigenvalue weighted by atomic mass is 35.5. The van der Waals surface area contributed by atoms with Gasteiger partial charge in [0.15, 0.2) is 0 Å². The number of hydrogen-bond donors (Lipinski definition) is 3. The van der Waals surface area contributed by atoms with Gasteiger partial charge in [-0.05, 0) is 50.1 Å². The molecule has 1 aromatic carbocycles.